The first-order valence-corrected chi connectivity index (χ1v) is 121. The normalized spacial score (nSPS) is 15.5. The largest absolute Gasteiger partial charge is 0.436 e. The first-order valence-electron chi connectivity index (χ1n) is 45.4. The number of hydrogen-bond donors (Lipinski definition) is 1. The van der Waals surface area contributed by atoms with Gasteiger partial charge in [-0.3, -0.25) is 0 Å². The van der Waals surface area contributed by atoms with E-state index in [1.54, 1.807) is 0 Å². The maximum absolute atomic E-state index is 8.99. The van der Waals surface area contributed by atoms with E-state index in [0.29, 0.717) is 13.2 Å². The molecule has 748 valence electrons. The predicted molar refractivity (Wildman–Crippen MR) is 581 cm³/mol. The van der Waals surface area contributed by atoms with Gasteiger partial charge in [-0.25, -0.2) is 0 Å². The first kappa shape index (κ1) is 131. The van der Waals surface area contributed by atoms with Gasteiger partial charge in [-0.2, -0.15) is 0 Å². The lowest BCUT2D eigenvalue weighted by molar-refractivity contribution is 0.0923. The molecule has 0 amide bonds. The van der Waals surface area contributed by atoms with E-state index < -0.39 is 222 Å². The molecule has 0 aromatic carbocycles. The zero-order valence-corrected chi connectivity index (χ0v) is 117. The molecule has 0 bridgehead atoms. The van der Waals surface area contributed by atoms with E-state index in [1.165, 1.54) is 25.7 Å². The second kappa shape index (κ2) is 50.1. The number of halogens is 1. The average Bonchev–Trinajstić information content (AvgIpc) is 0.801. The zero-order valence-electron chi connectivity index (χ0n) is 89.8. The number of aliphatic hydroxyl groups excluding tert-OH is 1. The van der Waals surface area contributed by atoms with Crippen LogP contribution in [0.4, 0.5) is 0 Å². The summed E-state index contributed by atoms with van der Waals surface area (Å²) in [6, 6.07) is 4.25. The van der Waals surface area contributed by atoms with E-state index >= 15 is 0 Å². The van der Waals surface area contributed by atoms with E-state index in [-0.39, 0.29) is 6.61 Å². The van der Waals surface area contributed by atoms with Crippen LogP contribution in [0.25, 0.3) is 0 Å². The molecule has 0 heterocycles. The molecular formula is C70H195BrO27Si26. The van der Waals surface area contributed by atoms with Crippen molar-refractivity contribution in [3.05, 3.63) is 0 Å². The summed E-state index contributed by atoms with van der Waals surface area (Å²) >= 11 is 3.42. The van der Waals surface area contributed by atoms with Crippen LogP contribution in [0.5, 0.6) is 0 Å². The molecule has 0 atom stereocenters. The molecule has 0 aliphatic rings. The van der Waals surface area contributed by atoms with Gasteiger partial charge in [-0.05, 0) is 377 Å². The average molecular weight is 2280 g/mol. The van der Waals surface area contributed by atoms with Crippen LogP contribution < -0.4 is 0 Å². The van der Waals surface area contributed by atoms with Crippen LogP contribution in [0.1, 0.15) is 52.4 Å². The van der Waals surface area contributed by atoms with Gasteiger partial charge in [-0.15, -0.1) is 0 Å². The van der Waals surface area contributed by atoms with E-state index in [9.17, 15) is 0 Å². The monoisotopic (exact) mass is 2270 g/mol. The molecule has 0 aliphatic carbocycles. The summed E-state index contributed by atoms with van der Waals surface area (Å²) in [6.07, 6.45) is 6.59. The van der Waals surface area contributed by atoms with Crippen molar-refractivity contribution in [3.8, 4) is 0 Å². The Morgan fingerprint density at radius 2 is 0.274 bits per heavy atom. The fourth-order valence-corrected chi connectivity index (χ4v) is 152. The summed E-state index contributed by atoms with van der Waals surface area (Å²) < 4.78 is 175. The molecule has 27 nitrogen and oxygen atoms in total. The summed E-state index contributed by atoms with van der Waals surface area (Å²) in [5.74, 6) is 0. The summed E-state index contributed by atoms with van der Waals surface area (Å²) in [4.78, 5) is 0. The third-order valence-electron chi connectivity index (χ3n) is 16.8. The Morgan fingerprint density at radius 3 is 0.387 bits per heavy atom. The Labute approximate surface area is 798 Å². The van der Waals surface area contributed by atoms with Crippen LogP contribution >= 0.6 is 15.9 Å². The number of rotatable bonds is 66. The van der Waals surface area contributed by atoms with Crippen molar-refractivity contribution >= 4 is 238 Å². The van der Waals surface area contributed by atoms with Crippen LogP contribution in [0.15, 0.2) is 0 Å². The van der Waals surface area contributed by atoms with Crippen LogP contribution in [-0.4, -0.2) is 265 Å². The third kappa shape index (κ3) is 65.9. The Balaban J connectivity index is 0. The summed E-state index contributed by atoms with van der Waals surface area (Å²) in [5.41, 5.74) is 0. The second-order valence-electron chi connectivity index (χ2n) is 45.3. The lowest BCUT2D eigenvalue weighted by Crippen LogP contribution is -2.63. The van der Waals surface area contributed by atoms with Gasteiger partial charge < -0.3 is 113 Å². The first-order chi connectivity index (χ1) is 54.2. The summed E-state index contributed by atoms with van der Waals surface area (Å²) in [5, 5.41) is 9.84. The number of ether oxygens (including phenoxy) is 2. The molecule has 0 saturated carbocycles. The van der Waals surface area contributed by atoms with Crippen molar-refractivity contribution < 1.29 is 113 Å². The minimum absolute atomic E-state index is 0.0408. The highest BCUT2D eigenvalue weighted by atomic mass is 79.9. The SMILES string of the molecule is CCCC[Si](C)(C)O[Si](C)(C)O[Si](C)(C)O[Si](C)(C)O[Si](C)(C)O[Si](C)(C)O[Si](C)(C)O[Si](C)(C)O[Si](C)(C)O[Si](C)(C)O[Si](C)(C)O[Si](C)(C)O[Si](C)(C)CCCOCCBr.CCCC[Si](C)(C)O[Si](C)(C)O[Si](C)(C)O[Si](C)(C)O[Si](C)(C)O[Si](C)(C)O[Si](C)(C)O[Si](C)(C)O[Si](C)(C)O[Si](C)(C)O[Si](C)(C)O[Si](C)(C)O[Si](C)(C)CCCOCCO. The van der Waals surface area contributed by atoms with Gasteiger partial charge in [-0.1, -0.05) is 55.5 Å². The molecule has 0 fully saturated rings. The molecule has 0 aromatic rings. The number of alkyl halides is 1. The van der Waals surface area contributed by atoms with Gasteiger partial charge in [0.15, 0.2) is 33.3 Å². The predicted octanol–water partition coefficient (Wildman–Crippen LogP) is 24.4. The summed E-state index contributed by atoms with van der Waals surface area (Å²) in [7, 11) is -66.4. The molecule has 0 radical (unpaired) electrons. The highest BCUT2D eigenvalue weighted by molar-refractivity contribution is 9.09. The van der Waals surface area contributed by atoms with E-state index in [1.807, 2.05) is 0 Å². The fourth-order valence-electron chi connectivity index (χ4n) is 17.9. The Bertz CT molecular complexity index is 2900. The Hall–Kier alpha value is 5.04. The molecule has 0 aliphatic heterocycles. The maximum Gasteiger partial charge on any atom is 0.314 e. The van der Waals surface area contributed by atoms with E-state index in [4.69, 9.17) is 113 Å². The van der Waals surface area contributed by atoms with Crippen molar-refractivity contribution in [2.45, 2.75) is 417 Å². The van der Waals surface area contributed by atoms with Crippen molar-refractivity contribution in [1.82, 2.24) is 0 Å². The minimum atomic E-state index is -2.77. The van der Waals surface area contributed by atoms with Crippen molar-refractivity contribution in [2.75, 3.05) is 38.4 Å². The molecule has 0 spiro atoms. The van der Waals surface area contributed by atoms with Crippen molar-refractivity contribution in [3.63, 3.8) is 0 Å². The highest BCUT2D eigenvalue weighted by Crippen LogP contribution is 2.38. The molecule has 0 saturated heterocycles. The van der Waals surface area contributed by atoms with Crippen LogP contribution in [0.3, 0.4) is 0 Å². The van der Waals surface area contributed by atoms with Gasteiger partial charge in [0.2, 0.25) is 0 Å². The van der Waals surface area contributed by atoms with E-state index in [2.05, 4.69) is 370 Å². The fraction of sp³-hybridized carbons (Fsp3) is 1.00. The topological polar surface area (TPSA) is 260 Å². The number of hydrogen-bond acceptors (Lipinski definition) is 27. The van der Waals surface area contributed by atoms with Crippen LogP contribution in [-0.2, 0) is 108 Å². The molecule has 124 heavy (non-hydrogen) atoms. The number of aliphatic hydroxyl groups is 1. The highest BCUT2D eigenvalue weighted by Gasteiger charge is 2.56. The van der Waals surface area contributed by atoms with Gasteiger partial charge in [0.05, 0.1) is 19.8 Å². The standard InChI is InChI=1S/C35H97BrO13Si13.C35H98O14Si13/c2*1-28-29-34-50(2,3)38-52(6,7)40-54(10,11)42-56(14,15)44-58(18,19)46-60(22,23)48-62(26,27)49-61(24,25)47-59(20,21)45-57(16,17)43-55(12,13)41-53(8,9)39-51(4,5)35-30-32-37-33-31-36/h28-35H2,1-27H3;36H,28-35H2,1-27H3. The minimum Gasteiger partial charge on any atom is -0.436 e. The summed E-state index contributed by atoms with van der Waals surface area (Å²) in [6.45, 7) is 117. The number of unbranched alkanes of at least 4 members (excludes halogenated alkanes) is 2. The smallest absolute Gasteiger partial charge is 0.314 e. The Morgan fingerprint density at radius 1 is 0.161 bits per heavy atom. The molecule has 0 unspecified atom stereocenters. The Kier molecular flexibility index (Phi) is 53.0. The second-order valence-corrected chi connectivity index (χ2v) is 143. The molecule has 1 N–H and O–H groups in total. The lowest BCUT2D eigenvalue weighted by atomic mass is 10.4. The van der Waals surface area contributed by atoms with Crippen LogP contribution in [0, 0.1) is 0 Å². The third-order valence-corrected chi connectivity index (χ3v) is 119. The van der Waals surface area contributed by atoms with Crippen molar-refractivity contribution in [2.24, 2.45) is 0 Å². The van der Waals surface area contributed by atoms with E-state index in [0.717, 1.165) is 55.6 Å². The van der Waals surface area contributed by atoms with Gasteiger partial charge in [0, 0.05) is 18.5 Å². The van der Waals surface area contributed by atoms with Crippen LogP contribution in [0.2, 0.25) is 365 Å². The van der Waals surface area contributed by atoms with Gasteiger partial charge in [0.1, 0.15) is 0 Å². The quantitative estimate of drug-likeness (QED) is 0.0337. The van der Waals surface area contributed by atoms with Gasteiger partial charge in [0.25, 0.3) is 0 Å². The molecule has 0 rings (SSSR count). The maximum atomic E-state index is 8.99. The van der Waals surface area contributed by atoms with Gasteiger partial charge >= 0.3 is 188 Å². The van der Waals surface area contributed by atoms with Crippen molar-refractivity contribution in [1.29, 1.82) is 0 Å². The molecular weight excluding hydrogens is 2080 g/mol. The zero-order chi connectivity index (χ0) is 98.7. The molecule has 54 heteroatoms. The molecule has 0 aromatic heterocycles. The lowest BCUT2D eigenvalue weighted by Gasteiger charge is -2.45.